The van der Waals surface area contributed by atoms with Gasteiger partial charge in [0.05, 0.1) is 0 Å². The van der Waals surface area contributed by atoms with E-state index in [1.807, 2.05) is 6.20 Å². The highest BCUT2D eigenvalue weighted by atomic mass is 15.1. The summed E-state index contributed by atoms with van der Waals surface area (Å²) >= 11 is 0. The summed E-state index contributed by atoms with van der Waals surface area (Å²) < 4.78 is 2.31. The van der Waals surface area contributed by atoms with Crippen molar-refractivity contribution in [3.05, 3.63) is 54.1 Å². The molecule has 2 aromatic rings. The largest absolute Gasteiger partial charge is 0.335 e. The van der Waals surface area contributed by atoms with Crippen molar-refractivity contribution in [1.29, 1.82) is 0 Å². The lowest BCUT2D eigenvalue weighted by Crippen LogP contribution is -2.33. The summed E-state index contributed by atoms with van der Waals surface area (Å²) in [5.74, 6) is 1.84. The van der Waals surface area contributed by atoms with E-state index in [2.05, 4.69) is 58.3 Å². The lowest BCUT2D eigenvalue weighted by atomic mass is 9.98. The van der Waals surface area contributed by atoms with E-state index in [4.69, 9.17) is 0 Å². The van der Waals surface area contributed by atoms with Crippen LogP contribution in [0.2, 0.25) is 0 Å². The van der Waals surface area contributed by atoms with Crippen molar-refractivity contribution in [2.75, 3.05) is 6.54 Å². The molecule has 21 heavy (non-hydrogen) atoms. The van der Waals surface area contributed by atoms with Crippen LogP contribution in [0.4, 0.5) is 0 Å². The molecule has 2 heterocycles. The van der Waals surface area contributed by atoms with Crippen LogP contribution < -0.4 is 5.32 Å². The first-order valence-corrected chi connectivity index (χ1v) is 8.11. The van der Waals surface area contributed by atoms with Crippen molar-refractivity contribution >= 4 is 0 Å². The molecule has 1 aliphatic rings. The van der Waals surface area contributed by atoms with E-state index < -0.39 is 0 Å². The van der Waals surface area contributed by atoms with Gasteiger partial charge in [-0.05, 0) is 38.2 Å². The highest BCUT2D eigenvalue weighted by Gasteiger charge is 2.21. The molecule has 2 atom stereocenters. The van der Waals surface area contributed by atoms with Crippen molar-refractivity contribution in [3.63, 3.8) is 0 Å². The second-order valence-electron chi connectivity index (χ2n) is 6.15. The van der Waals surface area contributed by atoms with Gasteiger partial charge in [0.25, 0.3) is 0 Å². The first-order chi connectivity index (χ1) is 10.3. The number of fused-ring (bicyclic) bond motifs is 1. The van der Waals surface area contributed by atoms with E-state index in [0.717, 1.165) is 19.5 Å². The third-order valence-corrected chi connectivity index (χ3v) is 4.49. The molecule has 0 radical (unpaired) electrons. The molecule has 3 rings (SSSR count). The number of hydrogen-bond donors (Lipinski definition) is 1. The number of imidazole rings is 1. The summed E-state index contributed by atoms with van der Waals surface area (Å²) in [6, 6.07) is 11.3. The van der Waals surface area contributed by atoms with Gasteiger partial charge in [-0.1, -0.05) is 30.3 Å². The van der Waals surface area contributed by atoms with Crippen molar-refractivity contribution < 1.29 is 0 Å². The quantitative estimate of drug-likeness (QED) is 0.881. The summed E-state index contributed by atoms with van der Waals surface area (Å²) in [6.45, 7) is 4.47. The SMILES string of the molecule is C[C@H](CCc1ccccc1)NC[C@H]1CCCn2ccnc21. The molecule has 1 aliphatic heterocycles. The Balaban J connectivity index is 1.45. The minimum absolute atomic E-state index is 0.551. The van der Waals surface area contributed by atoms with Gasteiger partial charge in [-0.3, -0.25) is 0 Å². The number of aryl methyl sites for hydroxylation is 2. The standard InChI is InChI=1S/C18H25N3/c1-15(9-10-16-6-3-2-4-7-16)20-14-17-8-5-12-21-13-11-19-18(17)21/h2-4,6-7,11,13,15,17,20H,5,8-10,12,14H2,1H3/t15-,17-/m1/s1. The van der Waals surface area contributed by atoms with Crippen LogP contribution in [0.1, 0.15) is 43.5 Å². The van der Waals surface area contributed by atoms with Gasteiger partial charge in [0.1, 0.15) is 5.82 Å². The van der Waals surface area contributed by atoms with E-state index in [9.17, 15) is 0 Å². The highest BCUT2D eigenvalue weighted by molar-refractivity contribution is 5.14. The minimum Gasteiger partial charge on any atom is -0.335 e. The second kappa shape index (κ2) is 6.90. The van der Waals surface area contributed by atoms with Crippen LogP contribution >= 0.6 is 0 Å². The lowest BCUT2D eigenvalue weighted by molar-refractivity contribution is 0.399. The van der Waals surface area contributed by atoms with Crippen LogP contribution in [0.15, 0.2) is 42.7 Å². The summed E-state index contributed by atoms with van der Waals surface area (Å²) in [5, 5.41) is 3.70. The summed E-state index contributed by atoms with van der Waals surface area (Å²) in [5.41, 5.74) is 1.43. The third-order valence-electron chi connectivity index (χ3n) is 4.49. The molecule has 0 unspecified atom stereocenters. The van der Waals surface area contributed by atoms with Crippen LogP contribution in [-0.4, -0.2) is 22.1 Å². The average Bonchev–Trinajstić information content (AvgIpc) is 3.01. The zero-order valence-corrected chi connectivity index (χ0v) is 12.8. The van der Waals surface area contributed by atoms with Gasteiger partial charge < -0.3 is 9.88 Å². The Morgan fingerprint density at radius 3 is 3.05 bits per heavy atom. The molecular formula is C18H25N3. The Hall–Kier alpha value is -1.61. The van der Waals surface area contributed by atoms with E-state index in [1.165, 1.54) is 30.7 Å². The van der Waals surface area contributed by atoms with E-state index >= 15 is 0 Å². The van der Waals surface area contributed by atoms with E-state index in [0.29, 0.717) is 12.0 Å². The fraction of sp³-hybridized carbons (Fsp3) is 0.500. The zero-order chi connectivity index (χ0) is 14.5. The van der Waals surface area contributed by atoms with Crippen LogP contribution in [0.3, 0.4) is 0 Å². The number of rotatable bonds is 6. The Labute approximate surface area is 127 Å². The number of aromatic nitrogens is 2. The predicted molar refractivity (Wildman–Crippen MR) is 86.4 cm³/mol. The number of nitrogens with one attached hydrogen (secondary N) is 1. The van der Waals surface area contributed by atoms with Gasteiger partial charge in [-0.2, -0.15) is 0 Å². The molecular weight excluding hydrogens is 258 g/mol. The van der Waals surface area contributed by atoms with E-state index in [-0.39, 0.29) is 0 Å². The monoisotopic (exact) mass is 283 g/mol. The Kier molecular flexibility index (Phi) is 4.71. The molecule has 0 aliphatic carbocycles. The molecule has 3 heteroatoms. The van der Waals surface area contributed by atoms with Crippen molar-refractivity contribution in [3.8, 4) is 0 Å². The summed E-state index contributed by atoms with van der Waals surface area (Å²) in [4.78, 5) is 4.53. The summed E-state index contributed by atoms with van der Waals surface area (Å²) in [6.07, 6.45) is 8.91. The van der Waals surface area contributed by atoms with Gasteiger partial charge in [-0.15, -0.1) is 0 Å². The topological polar surface area (TPSA) is 29.9 Å². The fourth-order valence-electron chi connectivity index (χ4n) is 3.17. The number of benzene rings is 1. The first kappa shape index (κ1) is 14.3. The molecule has 0 saturated heterocycles. The Bertz CT molecular complexity index is 547. The average molecular weight is 283 g/mol. The smallest absolute Gasteiger partial charge is 0.113 e. The molecule has 1 aromatic carbocycles. The molecule has 112 valence electrons. The van der Waals surface area contributed by atoms with Gasteiger partial charge >= 0.3 is 0 Å². The molecule has 3 nitrogen and oxygen atoms in total. The maximum atomic E-state index is 4.53. The van der Waals surface area contributed by atoms with Crippen LogP contribution in [0, 0.1) is 0 Å². The van der Waals surface area contributed by atoms with Gasteiger partial charge in [0, 0.05) is 37.4 Å². The Morgan fingerprint density at radius 2 is 2.19 bits per heavy atom. The normalized spacial score (nSPS) is 19.2. The Morgan fingerprint density at radius 1 is 1.33 bits per heavy atom. The third kappa shape index (κ3) is 3.73. The van der Waals surface area contributed by atoms with Gasteiger partial charge in [-0.25, -0.2) is 4.98 Å². The van der Waals surface area contributed by atoms with Crippen LogP contribution in [-0.2, 0) is 13.0 Å². The molecule has 0 bridgehead atoms. The van der Waals surface area contributed by atoms with Crippen molar-refractivity contribution in [2.45, 2.75) is 51.1 Å². The fourth-order valence-corrected chi connectivity index (χ4v) is 3.17. The van der Waals surface area contributed by atoms with Crippen molar-refractivity contribution in [2.24, 2.45) is 0 Å². The van der Waals surface area contributed by atoms with Crippen LogP contribution in [0.25, 0.3) is 0 Å². The van der Waals surface area contributed by atoms with Gasteiger partial charge in [0.2, 0.25) is 0 Å². The molecule has 0 amide bonds. The second-order valence-corrected chi connectivity index (χ2v) is 6.15. The predicted octanol–water partition coefficient (Wildman–Crippen LogP) is 3.37. The van der Waals surface area contributed by atoms with E-state index in [1.54, 1.807) is 0 Å². The maximum Gasteiger partial charge on any atom is 0.113 e. The molecule has 0 saturated carbocycles. The first-order valence-electron chi connectivity index (χ1n) is 8.11. The van der Waals surface area contributed by atoms with Crippen molar-refractivity contribution in [1.82, 2.24) is 14.9 Å². The van der Waals surface area contributed by atoms with Crippen LogP contribution in [0.5, 0.6) is 0 Å². The number of nitrogens with zero attached hydrogens (tertiary/aromatic N) is 2. The lowest BCUT2D eigenvalue weighted by Gasteiger charge is -2.25. The summed E-state index contributed by atoms with van der Waals surface area (Å²) in [7, 11) is 0. The number of hydrogen-bond acceptors (Lipinski definition) is 2. The maximum absolute atomic E-state index is 4.53. The molecule has 0 fully saturated rings. The minimum atomic E-state index is 0.551. The highest BCUT2D eigenvalue weighted by Crippen LogP contribution is 2.25. The molecule has 1 aromatic heterocycles. The zero-order valence-electron chi connectivity index (χ0n) is 12.8. The molecule has 1 N–H and O–H groups in total. The molecule has 0 spiro atoms. The van der Waals surface area contributed by atoms with Gasteiger partial charge in [0.15, 0.2) is 0 Å².